The Balaban J connectivity index is 2.20. The van der Waals surface area contributed by atoms with E-state index in [0.717, 1.165) is 32.2 Å². The molecule has 0 aromatic heterocycles. The van der Waals surface area contributed by atoms with Gasteiger partial charge in [0, 0.05) is 26.2 Å². The van der Waals surface area contributed by atoms with Gasteiger partial charge in [-0.1, -0.05) is 0 Å². The minimum Gasteiger partial charge on any atom is -0.466 e. The molecule has 1 saturated carbocycles. The van der Waals surface area contributed by atoms with Crippen LogP contribution in [-0.2, 0) is 14.3 Å². The van der Waals surface area contributed by atoms with Gasteiger partial charge in [-0.05, 0) is 53.4 Å². The van der Waals surface area contributed by atoms with Crippen LogP contribution in [0, 0.1) is 5.92 Å². The van der Waals surface area contributed by atoms with E-state index in [0.29, 0.717) is 19.2 Å². The largest absolute Gasteiger partial charge is 0.466 e. The summed E-state index contributed by atoms with van der Waals surface area (Å²) in [7, 11) is 1.74. The van der Waals surface area contributed by atoms with Gasteiger partial charge in [0.1, 0.15) is 5.60 Å². The fourth-order valence-electron chi connectivity index (χ4n) is 2.66. The first-order chi connectivity index (χ1) is 10.7. The third-order valence-electron chi connectivity index (χ3n) is 3.93. The maximum atomic E-state index is 11.8. The number of amides is 1. The molecule has 0 radical (unpaired) electrons. The summed E-state index contributed by atoms with van der Waals surface area (Å²) in [5.74, 6) is -0.00644. The lowest BCUT2D eigenvalue weighted by molar-refractivity contribution is -0.149. The molecule has 23 heavy (non-hydrogen) atoms. The van der Waals surface area contributed by atoms with E-state index in [1.807, 2.05) is 27.7 Å². The van der Waals surface area contributed by atoms with Gasteiger partial charge in [-0.3, -0.25) is 4.79 Å². The Morgan fingerprint density at radius 1 is 1.17 bits per heavy atom. The standard InChI is InChI=1S/C17H32N2O4/c1-6-22-15(20)13-7-9-14(10-8-13)18-11-12-19(5)16(21)23-17(2,3)4/h13-14,18H,6-12H2,1-5H3/t13-,14-. The lowest BCUT2D eigenvalue weighted by Crippen LogP contribution is -2.41. The van der Waals surface area contributed by atoms with Gasteiger partial charge in [0.2, 0.25) is 0 Å². The molecule has 6 nitrogen and oxygen atoms in total. The van der Waals surface area contributed by atoms with Crippen molar-refractivity contribution in [1.82, 2.24) is 10.2 Å². The Hall–Kier alpha value is -1.30. The van der Waals surface area contributed by atoms with Crippen molar-refractivity contribution < 1.29 is 19.1 Å². The van der Waals surface area contributed by atoms with Crippen molar-refractivity contribution in [3.05, 3.63) is 0 Å². The van der Waals surface area contributed by atoms with Crippen molar-refractivity contribution in [1.29, 1.82) is 0 Å². The zero-order valence-corrected chi connectivity index (χ0v) is 15.2. The molecule has 1 amide bonds. The van der Waals surface area contributed by atoms with E-state index in [9.17, 15) is 9.59 Å². The van der Waals surface area contributed by atoms with Crippen LogP contribution in [0.25, 0.3) is 0 Å². The average Bonchev–Trinajstić information content (AvgIpc) is 2.46. The second-order valence-corrected chi connectivity index (χ2v) is 7.16. The summed E-state index contributed by atoms with van der Waals surface area (Å²) in [4.78, 5) is 25.1. The molecule has 0 aliphatic heterocycles. The molecule has 0 aromatic rings. The molecule has 0 heterocycles. The molecule has 1 aliphatic carbocycles. The third kappa shape index (κ3) is 7.68. The highest BCUT2D eigenvalue weighted by atomic mass is 16.6. The zero-order chi connectivity index (χ0) is 17.5. The number of hydrogen-bond acceptors (Lipinski definition) is 5. The van der Waals surface area contributed by atoms with Gasteiger partial charge in [-0.15, -0.1) is 0 Å². The SMILES string of the molecule is CCOC(=O)[C@H]1CC[C@H](NCCN(C)C(=O)OC(C)(C)C)CC1. The molecule has 134 valence electrons. The van der Waals surface area contributed by atoms with E-state index in [2.05, 4.69) is 5.32 Å². The molecule has 6 heteroatoms. The van der Waals surface area contributed by atoms with Crippen LogP contribution in [-0.4, -0.2) is 55.3 Å². The van der Waals surface area contributed by atoms with E-state index >= 15 is 0 Å². The van der Waals surface area contributed by atoms with Crippen molar-refractivity contribution in [2.24, 2.45) is 5.92 Å². The van der Waals surface area contributed by atoms with E-state index in [4.69, 9.17) is 9.47 Å². The van der Waals surface area contributed by atoms with Gasteiger partial charge >= 0.3 is 12.1 Å². The quantitative estimate of drug-likeness (QED) is 0.759. The first-order valence-electron chi connectivity index (χ1n) is 8.57. The number of esters is 1. The molecule has 1 N–H and O–H groups in total. The van der Waals surface area contributed by atoms with Crippen LogP contribution < -0.4 is 5.32 Å². The van der Waals surface area contributed by atoms with Crippen LogP contribution in [0.3, 0.4) is 0 Å². The van der Waals surface area contributed by atoms with Gasteiger partial charge in [-0.25, -0.2) is 4.79 Å². The highest BCUT2D eigenvalue weighted by Gasteiger charge is 2.27. The number of likely N-dealkylation sites (N-methyl/N-ethyl adjacent to an activating group) is 1. The Labute approximate surface area is 139 Å². The summed E-state index contributed by atoms with van der Waals surface area (Å²) < 4.78 is 10.4. The molecule has 1 fully saturated rings. The Morgan fingerprint density at radius 3 is 2.30 bits per heavy atom. The monoisotopic (exact) mass is 328 g/mol. The maximum absolute atomic E-state index is 11.8. The van der Waals surface area contributed by atoms with Gasteiger partial charge in [0.15, 0.2) is 0 Å². The molecule has 1 rings (SSSR count). The molecule has 0 saturated heterocycles. The Bertz CT molecular complexity index is 385. The second-order valence-electron chi connectivity index (χ2n) is 7.16. The number of ether oxygens (including phenoxy) is 2. The zero-order valence-electron chi connectivity index (χ0n) is 15.2. The number of rotatable bonds is 6. The number of hydrogen-bond donors (Lipinski definition) is 1. The predicted octanol–water partition coefficient (Wildman–Crippen LogP) is 2.56. The lowest BCUT2D eigenvalue weighted by atomic mass is 9.86. The Kier molecular flexibility index (Phi) is 7.82. The smallest absolute Gasteiger partial charge is 0.410 e. The van der Waals surface area contributed by atoms with E-state index in [1.165, 1.54) is 0 Å². The van der Waals surface area contributed by atoms with Crippen molar-refractivity contribution >= 4 is 12.1 Å². The maximum Gasteiger partial charge on any atom is 0.410 e. The summed E-state index contributed by atoms with van der Waals surface area (Å²) >= 11 is 0. The summed E-state index contributed by atoms with van der Waals surface area (Å²) in [6, 6.07) is 0.410. The van der Waals surface area contributed by atoms with Crippen LogP contribution in [0.1, 0.15) is 53.4 Å². The molecular weight excluding hydrogens is 296 g/mol. The predicted molar refractivity (Wildman–Crippen MR) is 89.2 cm³/mol. The topological polar surface area (TPSA) is 67.9 Å². The average molecular weight is 328 g/mol. The minimum absolute atomic E-state index is 0.0532. The molecule has 0 unspecified atom stereocenters. The summed E-state index contributed by atoms with van der Waals surface area (Å²) in [6.07, 6.45) is 3.39. The molecule has 0 bridgehead atoms. The molecular formula is C17H32N2O4. The van der Waals surface area contributed by atoms with Crippen molar-refractivity contribution in [2.75, 3.05) is 26.7 Å². The fraction of sp³-hybridized carbons (Fsp3) is 0.882. The highest BCUT2D eigenvalue weighted by molar-refractivity contribution is 5.72. The van der Waals surface area contributed by atoms with Crippen LogP contribution in [0.2, 0.25) is 0 Å². The van der Waals surface area contributed by atoms with E-state index < -0.39 is 5.60 Å². The van der Waals surface area contributed by atoms with Crippen LogP contribution in [0.15, 0.2) is 0 Å². The minimum atomic E-state index is -0.468. The summed E-state index contributed by atoms with van der Waals surface area (Å²) in [5.41, 5.74) is -0.468. The summed E-state index contributed by atoms with van der Waals surface area (Å²) in [6.45, 7) is 9.20. The van der Waals surface area contributed by atoms with Gasteiger partial charge in [0.25, 0.3) is 0 Å². The molecule has 1 aliphatic rings. The summed E-state index contributed by atoms with van der Waals surface area (Å²) in [5, 5.41) is 3.46. The van der Waals surface area contributed by atoms with Gasteiger partial charge in [0.05, 0.1) is 12.5 Å². The van der Waals surface area contributed by atoms with E-state index in [-0.39, 0.29) is 18.0 Å². The number of nitrogens with zero attached hydrogens (tertiary/aromatic N) is 1. The fourth-order valence-corrected chi connectivity index (χ4v) is 2.66. The van der Waals surface area contributed by atoms with Crippen molar-refractivity contribution in [2.45, 2.75) is 65.0 Å². The number of nitrogens with one attached hydrogen (secondary N) is 1. The van der Waals surface area contributed by atoms with Crippen LogP contribution in [0.4, 0.5) is 4.79 Å². The van der Waals surface area contributed by atoms with Crippen molar-refractivity contribution in [3.8, 4) is 0 Å². The molecule has 0 aromatic carbocycles. The van der Waals surface area contributed by atoms with E-state index in [1.54, 1.807) is 11.9 Å². The molecule has 0 spiro atoms. The number of carbonyl (C=O) groups is 2. The number of carbonyl (C=O) groups excluding carboxylic acids is 2. The van der Waals surface area contributed by atoms with Crippen molar-refractivity contribution in [3.63, 3.8) is 0 Å². The Morgan fingerprint density at radius 2 is 1.78 bits per heavy atom. The van der Waals surface area contributed by atoms with Gasteiger partial charge < -0.3 is 19.7 Å². The molecule has 0 atom stereocenters. The lowest BCUT2D eigenvalue weighted by Gasteiger charge is -2.29. The normalized spacial score (nSPS) is 21.6. The van der Waals surface area contributed by atoms with Crippen LogP contribution in [0.5, 0.6) is 0 Å². The van der Waals surface area contributed by atoms with Crippen LogP contribution >= 0.6 is 0 Å². The third-order valence-corrected chi connectivity index (χ3v) is 3.93. The first kappa shape index (κ1) is 19.7. The highest BCUT2D eigenvalue weighted by Crippen LogP contribution is 2.25. The first-order valence-corrected chi connectivity index (χ1v) is 8.57. The second kappa shape index (κ2) is 9.11. The van der Waals surface area contributed by atoms with Gasteiger partial charge in [-0.2, -0.15) is 0 Å².